The Hall–Kier alpha value is -1.57. The number of aromatic nitrogens is 2. The van der Waals surface area contributed by atoms with Crippen LogP contribution < -0.4 is 11.1 Å². The number of nitrogen functional groups attached to an aromatic ring is 1. The topological polar surface area (TPSA) is 84.1 Å². The summed E-state index contributed by atoms with van der Waals surface area (Å²) in [6, 6.07) is 0.822. The maximum Gasteiger partial charge on any atom is 0.433 e. The first-order valence-electron chi connectivity index (χ1n) is 6.45. The van der Waals surface area contributed by atoms with E-state index >= 15 is 0 Å². The summed E-state index contributed by atoms with van der Waals surface area (Å²) >= 11 is 0. The molecule has 0 radical (unpaired) electrons. The van der Waals surface area contributed by atoms with E-state index in [9.17, 15) is 18.3 Å². The maximum absolute atomic E-state index is 12.7. The summed E-state index contributed by atoms with van der Waals surface area (Å²) in [6.45, 7) is -0.155. The average molecular weight is 290 g/mol. The van der Waals surface area contributed by atoms with Gasteiger partial charge in [0, 0.05) is 6.07 Å². The molecule has 8 heteroatoms. The number of nitrogens with zero attached hydrogens (tertiary/aromatic N) is 2. The summed E-state index contributed by atoms with van der Waals surface area (Å²) in [5.74, 6) is -0.438. The van der Waals surface area contributed by atoms with E-state index in [2.05, 4.69) is 15.3 Å². The van der Waals surface area contributed by atoms with Crippen molar-refractivity contribution in [3.05, 3.63) is 11.8 Å². The molecule has 0 bridgehead atoms. The van der Waals surface area contributed by atoms with E-state index < -0.39 is 23.4 Å². The van der Waals surface area contributed by atoms with Gasteiger partial charge in [0.15, 0.2) is 5.69 Å². The van der Waals surface area contributed by atoms with E-state index in [1.165, 1.54) is 0 Å². The Kier molecular flexibility index (Phi) is 4.03. The van der Waals surface area contributed by atoms with Gasteiger partial charge in [0.1, 0.15) is 5.82 Å². The first kappa shape index (κ1) is 14.8. The van der Waals surface area contributed by atoms with Gasteiger partial charge in [0.05, 0.1) is 12.1 Å². The number of anilines is 2. The third kappa shape index (κ3) is 3.30. The highest BCUT2D eigenvalue weighted by molar-refractivity contribution is 5.43. The molecule has 1 aliphatic carbocycles. The molecule has 1 fully saturated rings. The Labute approximate surface area is 114 Å². The molecular formula is C12H17F3N4O. The van der Waals surface area contributed by atoms with Crippen LogP contribution in [0.15, 0.2) is 6.07 Å². The lowest BCUT2D eigenvalue weighted by Gasteiger charge is -2.37. The van der Waals surface area contributed by atoms with Crippen molar-refractivity contribution in [1.29, 1.82) is 0 Å². The molecule has 1 heterocycles. The normalized spacial score (nSPS) is 18.8. The number of hydrogen-bond acceptors (Lipinski definition) is 5. The van der Waals surface area contributed by atoms with Crippen molar-refractivity contribution in [2.24, 2.45) is 0 Å². The van der Waals surface area contributed by atoms with Crippen molar-refractivity contribution in [2.45, 2.75) is 43.8 Å². The van der Waals surface area contributed by atoms with Crippen LogP contribution in [-0.4, -0.2) is 27.2 Å². The minimum absolute atomic E-state index is 0.000718. The fraction of sp³-hybridized carbons (Fsp3) is 0.667. The second-order valence-electron chi connectivity index (χ2n) is 5.12. The highest BCUT2D eigenvalue weighted by Crippen LogP contribution is 2.33. The Bertz CT molecular complexity index is 472. The quantitative estimate of drug-likeness (QED) is 0.794. The van der Waals surface area contributed by atoms with Gasteiger partial charge < -0.3 is 16.2 Å². The minimum Gasteiger partial charge on any atom is -0.394 e. The van der Waals surface area contributed by atoms with Gasteiger partial charge in [-0.1, -0.05) is 19.3 Å². The number of halogens is 3. The van der Waals surface area contributed by atoms with Gasteiger partial charge in [0.25, 0.3) is 0 Å². The van der Waals surface area contributed by atoms with Crippen LogP contribution in [0.1, 0.15) is 37.8 Å². The Morgan fingerprint density at radius 2 is 1.90 bits per heavy atom. The number of aliphatic hydroxyl groups is 1. The second-order valence-corrected chi connectivity index (χ2v) is 5.12. The summed E-state index contributed by atoms with van der Waals surface area (Å²) in [6.07, 6.45) is -0.306. The lowest BCUT2D eigenvalue weighted by molar-refractivity contribution is -0.141. The van der Waals surface area contributed by atoms with Crippen molar-refractivity contribution in [3.8, 4) is 0 Å². The number of nitrogens with one attached hydrogen (secondary N) is 1. The Balaban J connectivity index is 2.26. The zero-order chi connectivity index (χ0) is 14.8. The van der Waals surface area contributed by atoms with Crippen LogP contribution in [-0.2, 0) is 6.18 Å². The zero-order valence-electron chi connectivity index (χ0n) is 10.9. The summed E-state index contributed by atoms with van der Waals surface area (Å²) < 4.78 is 38.0. The summed E-state index contributed by atoms with van der Waals surface area (Å²) in [7, 11) is 0. The first-order chi connectivity index (χ1) is 9.35. The molecule has 112 valence electrons. The van der Waals surface area contributed by atoms with Crippen LogP contribution in [0.3, 0.4) is 0 Å². The number of rotatable bonds is 3. The number of aliphatic hydroxyl groups excluding tert-OH is 1. The second kappa shape index (κ2) is 5.43. The molecule has 20 heavy (non-hydrogen) atoms. The largest absolute Gasteiger partial charge is 0.433 e. The van der Waals surface area contributed by atoms with E-state index in [4.69, 9.17) is 5.73 Å². The highest BCUT2D eigenvalue weighted by atomic mass is 19.4. The molecule has 0 atom stereocenters. The van der Waals surface area contributed by atoms with Gasteiger partial charge >= 0.3 is 6.18 Å². The van der Waals surface area contributed by atoms with Crippen LogP contribution in [0.25, 0.3) is 0 Å². The fourth-order valence-electron chi connectivity index (χ4n) is 2.50. The molecule has 0 saturated heterocycles. The van der Waals surface area contributed by atoms with Gasteiger partial charge in [0.2, 0.25) is 5.95 Å². The van der Waals surface area contributed by atoms with Gasteiger partial charge in [-0.15, -0.1) is 0 Å². The van der Waals surface area contributed by atoms with Crippen LogP contribution >= 0.6 is 0 Å². The molecule has 0 unspecified atom stereocenters. The van der Waals surface area contributed by atoms with Crippen molar-refractivity contribution in [1.82, 2.24) is 9.97 Å². The zero-order valence-corrected chi connectivity index (χ0v) is 10.9. The average Bonchev–Trinajstić information content (AvgIpc) is 2.38. The molecule has 2 rings (SSSR count). The molecule has 0 aliphatic heterocycles. The molecule has 1 aromatic heterocycles. The molecule has 0 aromatic carbocycles. The smallest absolute Gasteiger partial charge is 0.394 e. The van der Waals surface area contributed by atoms with Crippen LogP contribution in [0, 0.1) is 0 Å². The van der Waals surface area contributed by atoms with Crippen molar-refractivity contribution in [3.63, 3.8) is 0 Å². The van der Waals surface area contributed by atoms with Crippen molar-refractivity contribution < 1.29 is 18.3 Å². The predicted molar refractivity (Wildman–Crippen MR) is 68.0 cm³/mol. The SMILES string of the molecule is Nc1nc(NC2(CO)CCCCC2)cc(C(F)(F)F)n1. The molecule has 0 amide bonds. The van der Waals surface area contributed by atoms with Crippen LogP contribution in [0.5, 0.6) is 0 Å². The van der Waals surface area contributed by atoms with Gasteiger partial charge in [-0.3, -0.25) is 0 Å². The van der Waals surface area contributed by atoms with Gasteiger partial charge in [-0.25, -0.2) is 4.98 Å². The Morgan fingerprint density at radius 3 is 2.45 bits per heavy atom. The summed E-state index contributed by atoms with van der Waals surface area (Å²) in [4.78, 5) is 6.96. The lowest BCUT2D eigenvalue weighted by atomic mass is 9.82. The van der Waals surface area contributed by atoms with E-state index in [0.717, 1.165) is 25.3 Å². The summed E-state index contributed by atoms with van der Waals surface area (Å²) in [5, 5.41) is 12.5. The van der Waals surface area contributed by atoms with Gasteiger partial charge in [-0.05, 0) is 12.8 Å². The van der Waals surface area contributed by atoms with E-state index in [-0.39, 0.29) is 12.4 Å². The van der Waals surface area contributed by atoms with E-state index in [0.29, 0.717) is 12.8 Å². The first-order valence-corrected chi connectivity index (χ1v) is 6.45. The lowest BCUT2D eigenvalue weighted by Crippen LogP contribution is -2.44. The highest BCUT2D eigenvalue weighted by Gasteiger charge is 2.35. The summed E-state index contributed by atoms with van der Waals surface area (Å²) in [5.41, 5.74) is 3.61. The monoisotopic (exact) mass is 290 g/mol. The molecule has 4 N–H and O–H groups in total. The maximum atomic E-state index is 12.7. The van der Waals surface area contributed by atoms with Crippen LogP contribution in [0.2, 0.25) is 0 Å². The van der Waals surface area contributed by atoms with Crippen molar-refractivity contribution >= 4 is 11.8 Å². The molecule has 1 aliphatic rings. The number of alkyl halides is 3. The number of hydrogen-bond donors (Lipinski definition) is 3. The molecule has 0 spiro atoms. The molecule has 1 aromatic rings. The van der Waals surface area contributed by atoms with Crippen molar-refractivity contribution in [2.75, 3.05) is 17.7 Å². The molecular weight excluding hydrogens is 273 g/mol. The third-order valence-electron chi connectivity index (χ3n) is 3.54. The molecule has 1 saturated carbocycles. The predicted octanol–water partition coefficient (Wildman–Crippen LogP) is 2.18. The molecule has 5 nitrogen and oxygen atoms in total. The minimum atomic E-state index is -4.58. The van der Waals surface area contributed by atoms with Crippen LogP contribution in [0.4, 0.5) is 24.9 Å². The fourth-order valence-corrected chi connectivity index (χ4v) is 2.50. The Morgan fingerprint density at radius 1 is 1.25 bits per heavy atom. The standard InChI is InChI=1S/C12H17F3N4O/c13-12(14,15)8-6-9(18-10(16)17-8)19-11(7-20)4-2-1-3-5-11/h6,20H,1-5,7H2,(H3,16,17,18,19). The van der Waals surface area contributed by atoms with E-state index in [1.807, 2.05) is 0 Å². The number of nitrogens with two attached hydrogens (primary N) is 1. The van der Waals surface area contributed by atoms with E-state index in [1.54, 1.807) is 0 Å². The van der Waals surface area contributed by atoms with Gasteiger partial charge in [-0.2, -0.15) is 18.2 Å². The third-order valence-corrected chi connectivity index (χ3v) is 3.54.